The van der Waals surface area contributed by atoms with Crippen LogP contribution in [0.1, 0.15) is 10.4 Å². The van der Waals surface area contributed by atoms with Gasteiger partial charge in [-0.3, -0.25) is 4.79 Å². The predicted molar refractivity (Wildman–Crippen MR) is 94.3 cm³/mol. The number of aryl methyl sites for hydroxylation is 1. The van der Waals surface area contributed by atoms with Crippen LogP contribution in [0.15, 0.2) is 64.6 Å². The number of hydrogen-bond acceptors (Lipinski definition) is 6. The van der Waals surface area contributed by atoms with Crippen LogP contribution in [-0.4, -0.2) is 24.1 Å². The van der Waals surface area contributed by atoms with E-state index in [1.165, 1.54) is 40.3 Å². The van der Waals surface area contributed by atoms with E-state index in [2.05, 4.69) is 15.6 Å². The van der Waals surface area contributed by atoms with E-state index in [4.69, 9.17) is 0 Å². The molecule has 0 unspecified atom stereocenters. The Bertz CT molecular complexity index is 1100. The topological polar surface area (TPSA) is 93.4 Å². The van der Waals surface area contributed by atoms with Crippen molar-refractivity contribution < 1.29 is 17.1 Å². The fourth-order valence-corrected chi connectivity index (χ4v) is 3.39. The molecule has 26 heavy (non-hydrogen) atoms. The van der Waals surface area contributed by atoms with Crippen molar-refractivity contribution in [3.8, 4) is 10.6 Å². The van der Waals surface area contributed by atoms with Gasteiger partial charge in [-0.25, -0.2) is 10.1 Å². The lowest BCUT2D eigenvalue weighted by molar-refractivity contribution is 0.0953. The average molecular weight is 392 g/mol. The smallest absolute Gasteiger partial charge is 0.267 e. The van der Waals surface area contributed by atoms with Crippen LogP contribution in [0.25, 0.3) is 10.6 Å². The molecule has 0 saturated heterocycles. The molecule has 0 atom stereocenters. The molecule has 0 spiro atoms. The van der Waals surface area contributed by atoms with E-state index < -0.39 is 15.1 Å². The quantitative estimate of drug-likeness (QED) is 0.543. The molecule has 3 rings (SSSR count). The highest BCUT2D eigenvalue weighted by molar-refractivity contribution is 7.86. The van der Waals surface area contributed by atoms with Gasteiger partial charge >= 0.3 is 10.2 Å². The minimum Gasteiger partial charge on any atom is -0.267 e. The van der Waals surface area contributed by atoms with Crippen molar-refractivity contribution >= 4 is 27.5 Å². The Labute approximate surface area is 152 Å². The molecule has 1 amide bonds. The molecule has 2 aromatic carbocycles. The number of carbonyl (C=O) groups is 1. The van der Waals surface area contributed by atoms with Crippen LogP contribution < -0.4 is 10.2 Å². The molecule has 0 aliphatic carbocycles. The van der Waals surface area contributed by atoms with Gasteiger partial charge in [-0.15, -0.1) is 8.99 Å². The Balaban J connectivity index is 1.84. The van der Waals surface area contributed by atoms with E-state index in [-0.39, 0.29) is 5.91 Å². The summed E-state index contributed by atoms with van der Waals surface area (Å²) in [7, 11) is -3.08. The van der Waals surface area contributed by atoms with Crippen LogP contribution in [0.3, 0.4) is 0 Å². The van der Waals surface area contributed by atoms with Gasteiger partial charge in [0.25, 0.3) is 5.91 Å². The summed E-state index contributed by atoms with van der Waals surface area (Å²) in [6, 6.07) is 13.9. The summed E-state index contributed by atoms with van der Waals surface area (Å²) in [4.78, 5) is 12.0. The number of amides is 1. The number of halogens is 1. The van der Waals surface area contributed by atoms with Crippen molar-refractivity contribution in [2.24, 2.45) is 12.1 Å². The molecule has 1 N–H and O–H groups in total. The summed E-state index contributed by atoms with van der Waals surface area (Å²) < 4.78 is 36.1. The lowest BCUT2D eigenvalue weighted by Gasteiger charge is -1.97. The zero-order valence-electron chi connectivity index (χ0n) is 13.5. The van der Waals surface area contributed by atoms with E-state index in [0.717, 1.165) is 0 Å². The second kappa shape index (κ2) is 7.18. The van der Waals surface area contributed by atoms with E-state index in [1.54, 1.807) is 31.3 Å². The SMILES string of the molecule is Cn1nc(-c2ccc(S(=O)(=O)F)cc2)s/c1=N\NC(=O)c1ccccc1. The summed E-state index contributed by atoms with van der Waals surface area (Å²) in [5.74, 6) is -0.349. The third-order valence-corrected chi connectivity index (χ3v) is 5.26. The minimum absolute atomic E-state index is 0.349. The maximum absolute atomic E-state index is 12.9. The van der Waals surface area contributed by atoms with Crippen LogP contribution in [0.5, 0.6) is 0 Å². The molecule has 0 aliphatic rings. The molecule has 134 valence electrons. The van der Waals surface area contributed by atoms with Gasteiger partial charge in [0.15, 0.2) is 0 Å². The lowest BCUT2D eigenvalue weighted by Crippen LogP contribution is -2.23. The van der Waals surface area contributed by atoms with Gasteiger partial charge in [-0.1, -0.05) is 41.7 Å². The van der Waals surface area contributed by atoms with Crippen LogP contribution in [-0.2, 0) is 17.3 Å². The Morgan fingerprint density at radius 3 is 2.42 bits per heavy atom. The Hall–Kier alpha value is -2.85. The number of rotatable bonds is 4. The van der Waals surface area contributed by atoms with E-state index >= 15 is 0 Å². The number of nitrogens with one attached hydrogen (secondary N) is 1. The number of benzene rings is 2. The number of hydrogen-bond donors (Lipinski definition) is 1. The van der Waals surface area contributed by atoms with Crippen LogP contribution >= 0.6 is 11.3 Å². The highest BCUT2D eigenvalue weighted by atomic mass is 32.3. The molecule has 3 aromatic rings. The fraction of sp³-hybridized carbons (Fsp3) is 0.0625. The number of aromatic nitrogens is 2. The first-order valence-corrected chi connectivity index (χ1v) is 9.53. The Morgan fingerprint density at radius 1 is 1.15 bits per heavy atom. The number of carbonyl (C=O) groups excluding carboxylic acids is 1. The van der Waals surface area contributed by atoms with E-state index in [0.29, 0.717) is 20.9 Å². The van der Waals surface area contributed by atoms with Crippen LogP contribution in [0.4, 0.5) is 3.89 Å². The summed E-state index contributed by atoms with van der Waals surface area (Å²) in [6.45, 7) is 0. The summed E-state index contributed by atoms with van der Waals surface area (Å²) >= 11 is 1.19. The van der Waals surface area contributed by atoms with Crippen LogP contribution in [0.2, 0.25) is 0 Å². The molecule has 1 aromatic heterocycles. The zero-order valence-corrected chi connectivity index (χ0v) is 15.1. The van der Waals surface area contributed by atoms with Gasteiger partial charge in [0.2, 0.25) is 4.80 Å². The van der Waals surface area contributed by atoms with Crippen molar-refractivity contribution in [2.45, 2.75) is 4.90 Å². The first-order valence-electron chi connectivity index (χ1n) is 7.33. The van der Waals surface area contributed by atoms with Crippen LogP contribution in [0, 0.1) is 0 Å². The van der Waals surface area contributed by atoms with Crippen molar-refractivity contribution in [3.63, 3.8) is 0 Å². The minimum atomic E-state index is -4.74. The largest absolute Gasteiger partial charge is 0.332 e. The molecular formula is C16H13FN4O3S2. The standard InChI is InChI=1S/C16H13FN4O3S2/c1-21-16(19-18-14(22)11-5-3-2-4-6-11)25-15(20-21)12-7-9-13(10-8-12)26(17,23)24/h2-10H,1H3,(H,18,22)/b19-16-. The molecule has 0 fully saturated rings. The van der Waals surface area contributed by atoms with Crippen molar-refractivity contribution in [3.05, 3.63) is 65.0 Å². The van der Waals surface area contributed by atoms with E-state index in [1.807, 2.05) is 6.07 Å². The lowest BCUT2D eigenvalue weighted by atomic mass is 10.2. The van der Waals surface area contributed by atoms with Gasteiger partial charge in [-0.2, -0.15) is 13.5 Å². The predicted octanol–water partition coefficient (Wildman–Crippen LogP) is 2.05. The van der Waals surface area contributed by atoms with E-state index in [9.17, 15) is 17.1 Å². The van der Waals surface area contributed by atoms with Gasteiger partial charge < -0.3 is 0 Å². The van der Waals surface area contributed by atoms with Crippen molar-refractivity contribution in [2.75, 3.05) is 0 Å². The van der Waals surface area contributed by atoms with Gasteiger partial charge in [0.05, 0.1) is 4.90 Å². The second-order valence-corrected chi connectivity index (χ2v) is 7.50. The highest BCUT2D eigenvalue weighted by Gasteiger charge is 2.13. The molecular weight excluding hydrogens is 379 g/mol. The molecule has 1 heterocycles. The second-order valence-electron chi connectivity index (χ2n) is 5.19. The van der Waals surface area contributed by atoms with Gasteiger partial charge in [0, 0.05) is 18.2 Å². The van der Waals surface area contributed by atoms with Crippen molar-refractivity contribution in [1.82, 2.24) is 15.2 Å². The molecule has 0 saturated carbocycles. The molecule has 7 nitrogen and oxygen atoms in total. The third-order valence-electron chi connectivity index (χ3n) is 3.38. The summed E-state index contributed by atoms with van der Waals surface area (Å²) in [5, 5.41) is 8.86. The molecule has 10 heteroatoms. The summed E-state index contributed by atoms with van der Waals surface area (Å²) in [5.41, 5.74) is 3.54. The Morgan fingerprint density at radius 2 is 1.81 bits per heavy atom. The maximum atomic E-state index is 12.9. The monoisotopic (exact) mass is 392 g/mol. The normalized spacial score (nSPS) is 12.2. The fourth-order valence-electron chi connectivity index (χ4n) is 2.08. The highest BCUT2D eigenvalue weighted by Crippen LogP contribution is 2.22. The molecule has 0 radical (unpaired) electrons. The zero-order chi connectivity index (χ0) is 18.7. The maximum Gasteiger partial charge on any atom is 0.332 e. The number of nitrogens with zero attached hydrogens (tertiary/aromatic N) is 3. The summed E-state index contributed by atoms with van der Waals surface area (Å²) in [6.07, 6.45) is 0. The first-order chi connectivity index (χ1) is 12.3. The third kappa shape index (κ3) is 4.03. The van der Waals surface area contributed by atoms with Gasteiger partial charge in [-0.05, 0) is 24.3 Å². The Kier molecular flexibility index (Phi) is 4.96. The van der Waals surface area contributed by atoms with Crippen molar-refractivity contribution in [1.29, 1.82) is 0 Å². The molecule has 0 bridgehead atoms. The van der Waals surface area contributed by atoms with Gasteiger partial charge in [0.1, 0.15) is 5.01 Å². The first kappa shape index (κ1) is 18.0. The average Bonchev–Trinajstić information content (AvgIpc) is 3.00. The molecule has 0 aliphatic heterocycles.